The number of ether oxygens (including phenoxy) is 1. The maximum Gasteiger partial charge on any atom is 0.338 e. The first-order chi connectivity index (χ1) is 8.11. The van der Waals surface area contributed by atoms with Crippen LogP contribution in [0.1, 0.15) is 17.3 Å². The summed E-state index contributed by atoms with van der Waals surface area (Å²) in [4.78, 5) is 17.6. The maximum atomic E-state index is 11.5. The molecule has 5 heteroatoms. The van der Waals surface area contributed by atoms with Crippen molar-refractivity contribution in [1.29, 1.82) is 0 Å². The van der Waals surface area contributed by atoms with E-state index < -0.39 is 0 Å². The largest absolute Gasteiger partial charge is 0.462 e. The van der Waals surface area contributed by atoms with E-state index in [2.05, 4.69) is 4.98 Å². The standard InChI is InChI=1S/C12H14N2O3/c1-4-16-11(15)8-5-6-10-9(7-8)13-12(17-10)14(2)3/h5-7H,4H2,1-3H3. The molecule has 17 heavy (non-hydrogen) atoms. The minimum absolute atomic E-state index is 0.344. The van der Waals surface area contributed by atoms with Gasteiger partial charge in [-0.2, -0.15) is 4.98 Å². The minimum atomic E-state index is -0.344. The van der Waals surface area contributed by atoms with E-state index in [1.54, 1.807) is 30.0 Å². The summed E-state index contributed by atoms with van der Waals surface area (Å²) in [5.41, 5.74) is 1.79. The normalized spacial score (nSPS) is 10.5. The fraction of sp³-hybridized carbons (Fsp3) is 0.333. The minimum Gasteiger partial charge on any atom is -0.462 e. The highest BCUT2D eigenvalue weighted by molar-refractivity contribution is 5.93. The Labute approximate surface area is 99.0 Å². The van der Waals surface area contributed by atoms with Gasteiger partial charge in [0.15, 0.2) is 5.58 Å². The van der Waals surface area contributed by atoms with Crippen molar-refractivity contribution < 1.29 is 13.9 Å². The highest BCUT2D eigenvalue weighted by Crippen LogP contribution is 2.21. The number of esters is 1. The molecule has 0 aliphatic rings. The lowest BCUT2D eigenvalue weighted by Crippen LogP contribution is -2.08. The van der Waals surface area contributed by atoms with Crippen molar-refractivity contribution in [2.45, 2.75) is 6.92 Å². The lowest BCUT2D eigenvalue weighted by molar-refractivity contribution is 0.0526. The molecule has 0 aliphatic heterocycles. The zero-order valence-corrected chi connectivity index (χ0v) is 10.1. The molecule has 5 nitrogen and oxygen atoms in total. The maximum absolute atomic E-state index is 11.5. The molecule has 0 unspecified atom stereocenters. The molecule has 0 saturated carbocycles. The topological polar surface area (TPSA) is 55.6 Å². The van der Waals surface area contributed by atoms with E-state index in [0.717, 1.165) is 0 Å². The molecule has 0 radical (unpaired) electrons. The second-order valence-electron chi connectivity index (χ2n) is 3.79. The summed E-state index contributed by atoms with van der Waals surface area (Å²) in [6.07, 6.45) is 0. The molecule has 0 atom stereocenters. The molecule has 0 amide bonds. The van der Waals surface area contributed by atoms with Crippen LogP contribution in [0, 0.1) is 0 Å². The van der Waals surface area contributed by atoms with Crippen LogP contribution in [0.3, 0.4) is 0 Å². The van der Waals surface area contributed by atoms with Gasteiger partial charge in [0.1, 0.15) is 5.52 Å². The number of hydrogen-bond acceptors (Lipinski definition) is 5. The molecule has 0 spiro atoms. The molecule has 1 aromatic heterocycles. The van der Waals surface area contributed by atoms with E-state index in [0.29, 0.717) is 29.3 Å². The smallest absolute Gasteiger partial charge is 0.338 e. The number of carbonyl (C=O) groups excluding carboxylic acids is 1. The monoisotopic (exact) mass is 234 g/mol. The van der Waals surface area contributed by atoms with Gasteiger partial charge in [0, 0.05) is 14.1 Å². The number of nitrogens with zero attached hydrogens (tertiary/aromatic N) is 2. The van der Waals surface area contributed by atoms with Gasteiger partial charge >= 0.3 is 5.97 Å². The molecule has 1 aromatic carbocycles. The van der Waals surface area contributed by atoms with Crippen molar-refractivity contribution >= 4 is 23.1 Å². The molecule has 2 aromatic rings. The molecule has 0 fully saturated rings. The molecular weight excluding hydrogens is 220 g/mol. The van der Waals surface area contributed by atoms with Crippen LogP contribution in [-0.4, -0.2) is 31.7 Å². The van der Waals surface area contributed by atoms with Crippen molar-refractivity contribution in [3.05, 3.63) is 23.8 Å². The van der Waals surface area contributed by atoms with Gasteiger partial charge < -0.3 is 14.1 Å². The molecule has 0 saturated heterocycles. The third-order valence-electron chi connectivity index (χ3n) is 2.27. The third-order valence-corrected chi connectivity index (χ3v) is 2.27. The summed E-state index contributed by atoms with van der Waals surface area (Å²) < 4.78 is 10.4. The number of rotatable bonds is 3. The number of anilines is 1. The van der Waals surface area contributed by atoms with Crippen molar-refractivity contribution in [2.24, 2.45) is 0 Å². The Hall–Kier alpha value is -2.04. The number of carbonyl (C=O) groups is 1. The van der Waals surface area contributed by atoms with Crippen molar-refractivity contribution in [3.8, 4) is 0 Å². The van der Waals surface area contributed by atoms with Gasteiger partial charge in [-0.05, 0) is 25.1 Å². The van der Waals surface area contributed by atoms with Crippen LogP contribution in [-0.2, 0) is 4.74 Å². The second-order valence-corrected chi connectivity index (χ2v) is 3.79. The lowest BCUT2D eigenvalue weighted by Gasteiger charge is -2.03. The van der Waals surface area contributed by atoms with E-state index in [1.165, 1.54) is 0 Å². The van der Waals surface area contributed by atoms with E-state index in [1.807, 2.05) is 14.1 Å². The predicted octanol–water partition coefficient (Wildman–Crippen LogP) is 2.07. The van der Waals surface area contributed by atoms with E-state index in [4.69, 9.17) is 9.15 Å². The Balaban J connectivity index is 2.40. The molecule has 1 heterocycles. The average Bonchev–Trinajstić information content (AvgIpc) is 2.71. The van der Waals surface area contributed by atoms with Gasteiger partial charge in [0.2, 0.25) is 0 Å². The molecule has 0 aliphatic carbocycles. The summed E-state index contributed by atoms with van der Waals surface area (Å²) in [6.45, 7) is 2.13. The Morgan fingerprint density at radius 2 is 2.24 bits per heavy atom. The SMILES string of the molecule is CCOC(=O)c1ccc2oc(N(C)C)nc2c1. The van der Waals surface area contributed by atoms with Crippen molar-refractivity contribution in [2.75, 3.05) is 25.6 Å². The van der Waals surface area contributed by atoms with Crippen LogP contribution < -0.4 is 4.90 Å². The molecular formula is C12H14N2O3. The van der Waals surface area contributed by atoms with Crippen LogP contribution in [0.4, 0.5) is 6.01 Å². The van der Waals surface area contributed by atoms with Crippen LogP contribution in [0.2, 0.25) is 0 Å². The zero-order valence-electron chi connectivity index (χ0n) is 10.1. The van der Waals surface area contributed by atoms with Crippen molar-refractivity contribution in [3.63, 3.8) is 0 Å². The van der Waals surface area contributed by atoms with Crippen LogP contribution in [0.5, 0.6) is 0 Å². The van der Waals surface area contributed by atoms with Crippen molar-refractivity contribution in [1.82, 2.24) is 4.98 Å². The van der Waals surface area contributed by atoms with Gasteiger partial charge in [-0.25, -0.2) is 4.79 Å². The number of benzene rings is 1. The Morgan fingerprint density at radius 3 is 2.88 bits per heavy atom. The molecule has 90 valence electrons. The Bertz CT molecular complexity index is 546. The van der Waals surface area contributed by atoms with E-state index in [9.17, 15) is 4.79 Å². The fourth-order valence-corrected chi connectivity index (χ4v) is 1.45. The fourth-order valence-electron chi connectivity index (χ4n) is 1.45. The highest BCUT2D eigenvalue weighted by atomic mass is 16.5. The van der Waals surface area contributed by atoms with Gasteiger partial charge in [-0.15, -0.1) is 0 Å². The molecule has 0 bridgehead atoms. The van der Waals surface area contributed by atoms with Gasteiger partial charge in [0.25, 0.3) is 6.01 Å². The first-order valence-electron chi connectivity index (χ1n) is 5.37. The zero-order chi connectivity index (χ0) is 12.4. The Morgan fingerprint density at radius 1 is 1.47 bits per heavy atom. The summed E-state index contributed by atoms with van der Waals surface area (Å²) in [5.74, 6) is -0.344. The predicted molar refractivity (Wildman–Crippen MR) is 64.3 cm³/mol. The average molecular weight is 234 g/mol. The second kappa shape index (κ2) is 4.45. The highest BCUT2D eigenvalue weighted by Gasteiger charge is 2.11. The quantitative estimate of drug-likeness (QED) is 0.761. The summed E-state index contributed by atoms with van der Waals surface area (Å²) >= 11 is 0. The number of hydrogen-bond donors (Lipinski definition) is 0. The van der Waals surface area contributed by atoms with E-state index >= 15 is 0 Å². The van der Waals surface area contributed by atoms with E-state index in [-0.39, 0.29) is 5.97 Å². The number of aromatic nitrogens is 1. The van der Waals surface area contributed by atoms with Gasteiger partial charge in [0.05, 0.1) is 12.2 Å². The number of oxazole rings is 1. The van der Waals surface area contributed by atoms with Gasteiger partial charge in [-0.3, -0.25) is 0 Å². The summed E-state index contributed by atoms with van der Waals surface area (Å²) in [7, 11) is 3.69. The first-order valence-corrected chi connectivity index (χ1v) is 5.37. The number of fused-ring (bicyclic) bond motifs is 1. The molecule has 2 rings (SSSR count). The van der Waals surface area contributed by atoms with Gasteiger partial charge in [-0.1, -0.05) is 0 Å². The van der Waals surface area contributed by atoms with Crippen LogP contribution in [0.15, 0.2) is 22.6 Å². The van der Waals surface area contributed by atoms with Crippen LogP contribution in [0.25, 0.3) is 11.1 Å². The Kier molecular flexibility index (Phi) is 2.99. The summed E-state index contributed by atoms with van der Waals surface area (Å²) in [6, 6.07) is 5.58. The van der Waals surface area contributed by atoms with Crippen LogP contribution >= 0.6 is 0 Å². The summed E-state index contributed by atoms with van der Waals surface area (Å²) in [5, 5.41) is 0. The third kappa shape index (κ3) is 2.22. The first kappa shape index (κ1) is 11.4. The lowest BCUT2D eigenvalue weighted by atomic mass is 10.2. The molecule has 0 N–H and O–H groups in total.